The van der Waals surface area contributed by atoms with Crippen molar-refractivity contribution in [3.8, 4) is 17.5 Å². The molecule has 136 valence electrons. The van der Waals surface area contributed by atoms with Crippen molar-refractivity contribution in [2.45, 2.75) is 0 Å². The molecule has 0 amide bonds. The fourth-order valence-electron chi connectivity index (χ4n) is 2.88. The Morgan fingerprint density at radius 1 is 0.786 bits per heavy atom. The van der Waals surface area contributed by atoms with Crippen LogP contribution in [0.5, 0.6) is 0 Å². The van der Waals surface area contributed by atoms with Crippen molar-refractivity contribution in [1.29, 1.82) is 0 Å². The molecule has 0 saturated carbocycles. The van der Waals surface area contributed by atoms with Gasteiger partial charge in [-0.2, -0.15) is 0 Å². The number of H-pyrrole nitrogens is 1. The van der Waals surface area contributed by atoms with E-state index in [0.717, 1.165) is 12.1 Å². The number of para-hydroxylation sites is 1. The number of aromatic nitrogens is 2. The standard InChI is InChI=1S/C22H12F2N2O2/c23-17-12-15(11-10-14-6-2-1-3-7-14)13-18(24)20(17)26-21(27)16-8-4-5-9-19(16)25-22(26)28/h1-9,12-13H,(H,25,28). The SMILES string of the molecule is O=c1[nH]c2ccccc2c(=O)n1-c1c(F)cc(C#Cc2ccccc2)cc1F. The van der Waals surface area contributed by atoms with Gasteiger partial charge in [-0.1, -0.05) is 42.2 Å². The van der Waals surface area contributed by atoms with E-state index in [0.29, 0.717) is 15.6 Å². The van der Waals surface area contributed by atoms with Gasteiger partial charge in [-0.05, 0) is 36.4 Å². The molecular weight excluding hydrogens is 362 g/mol. The van der Waals surface area contributed by atoms with Crippen LogP contribution in [0.1, 0.15) is 11.1 Å². The van der Waals surface area contributed by atoms with E-state index >= 15 is 0 Å². The third-order valence-corrected chi connectivity index (χ3v) is 4.17. The second-order valence-electron chi connectivity index (χ2n) is 6.02. The van der Waals surface area contributed by atoms with E-state index in [4.69, 9.17) is 0 Å². The van der Waals surface area contributed by atoms with Crippen molar-refractivity contribution in [2.24, 2.45) is 0 Å². The van der Waals surface area contributed by atoms with Crippen LogP contribution in [0.4, 0.5) is 8.78 Å². The van der Waals surface area contributed by atoms with Crippen LogP contribution in [0.2, 0.25) is 0 Å². The highest BCUT2D eigenvalue weighted by Gasteiger charge is 2.18. The van der Waals surface area contributed by atoms with Gasteiger partial charge in [-0.25, -0.2) is 18.1 Å². The Balaban J connectivity index is 1.87. The van der Waals surface area contributed by atoms with Gasteiger partial charge in [0, 0.05) is 11.1 Å². The Morgan fingerprint density at radius 2 is 1.39 bits per heavy atom. The van der Waals surface area contributed by atoms with Crippen molar-refractivity contribution in [3.05, 3.63) is 110 Å². The van der Waals surface area contributed by atoms with Gasteiger partial charge in [0.15, 0.2) is 11.6 Å². The summed E-state index contributed by atoms with van der Waals surface area (Å²) in [6.07, 6.45) is 0. The predicted molar refractivity (Wildman–Crippen MR) is 103 cm³/mol. The van der Waals surface area contributed by atoms with E-state index in [1.807, 2.05) is 6.07 Å². The Morgan fingerprint density at radius 3 is 2.11 bits per heavy atom. The van der Waals surface area contributed by atoms with Crippen LogP contribution in [-0.4, -0.2) is 9.55 Å². The van der Waals surface area contributed by atoms with E-state index in [1.54, 1.807) is 36.4 Å². The number of fused-ring (bicyclic) bond motifs is 1. The molecule has 1 N–H and O–H groups in total. The van der Waals surface area contributed by atoms with Crippen molar-refractivity contribution in [3.63, 3.8) is 0 Å². The molecule has 0 fully saturated rings. The number of benzene rings is 3. The largest absolute Gasteiger partial charge is 0.333 e. The average molecular weight is 374 g/mol. The normalized spacial score (nSPS) is 10.5. The quantitative estimate of drug-likeness (QED) is 0.520. The van der Waals surface area contributed by atoms with E-state index in [9.17, 15) is 18.4 Å². The lowest BCUT2D eigenvalue weighted by atomic mass is 10.1. The molecule has 0 atom stereocenters. The van der Waals surface area contributed by atoms with Crippen molar-refractivity contribution < 1.29 is 8.78 Å². The lowest BCUT2D eigenvalue weighted by Crippen LogP contribution is -2.34. The van der Waals surface area contributed by atoms with Crippen LogP contribution < -0.4 is 11.2 Å². The number of hydrogen-bond donors (Lipinski definition) is 1. The first kappa shape index (κ1) is 17.4. The monoisotopic (exact) mass is 374 g/mol. The molecule has 0 radical (unpaired) electrons. The molecule has 1 aromatic heterocycles. The minimum atomic E-state index is -1.06. The third-order valence-electron chi connectivity index (χ3n) is 4.17. The summed E-state index contributed by atoms with van der Waals surface area (Å²) in [5, 5.41) is 0.147. The van der Waals surface area contributed by atoms with Gasteiger partial charge in [0.1, 0.15) is 5.69 Å². The molecule has 4 aromatic rings. The Bertz CT molecular complexity index is 1350. The predicted octanol–water partition coefficient (Wildman–Crippen LogP) is 3.36. The molecule has 0 aliphatic carbocycles. The molecule has 1 heterocycles. The van der Waals surface area contributed by atoms with E-state index in [1.165, 1.54) is 12.1 Å². The highest BCUT2D eigenvalue weighted by Crippen LogP contribution is 2.18. The summed E-state index contributed by atoms with van der Waals surface area (Å²) in [5.41, 5.74) is -1.39. The summed E-state index contributed by atoms with van der Waals surface area (Å²) >= 11 is 0. The second kappa shape index (κ2) is 6.97. The summed E-state index contributed by atoms with van der Waals surface area (Å²) in [4.78, 5) is 27.4. The second-order valence-corrected chi connectivity index (χ2v) is 6.02. The average Bonchev–Trinajstić information content (AvgIpc) is 2.69. The van der Waals surface area contributed by atoms with Gasteiger partial charge in [0.05, 0.1) is 10.9 Å². The fraction of sp³-hybridized carbons (Fsp3) is 0. The van der Waals surface area contributed by atoms with Gasteiger partial charge >= 0.3 is 5.69 Å². The van der Waals surface area contributed by atoms with Gasteiger partial charge < -0.3 is 4.98 Å². The molecule has 0 aliphatic rings. The molecule has 4 nitrogen and oxygen atoms in total. The topological polar surface area (TPSA) is 54.9 Å². The summed E-state index contributed by atoms with van der Waals surface area (Å²) in [7, 11) is 0. The molecule has 0 saturated heterocycles. The Kier molecular flexibility index (Phi) is 4.34. The van der Waals surface area contributed by atoms with Crippen LogP contribution in [0.15, 0.2) is 76.3 Å². The first-order valence-electron chi connectivity index (χ1n) is 8.35. The van der Waals surface area contributed by atoms with Gasteiger partial charge in [0.2, 0.25) is 0 Å². The lowest BCUT2D eigenvalue weighted by molar-refractivity contribution is 0.562. The maximum Gasteiger partial charge on any atom is 0.333 e. The van der Waals surface area contributed by atoms with Gasteiger partial charge in [-0.3, -0.25) is 4.79 Å². The summed E-state index contributed by atoms with van der Waals surface area (Å²) in [5.74, 6) is 3.37. The summed E-state index contributed by atoms with van der Waals surface area (Å²) < 4.78 is 29.8. The lowest BCUT2D eigenvalue weighted by Gasteiger charge is -2.09. The minimum absolute atomic E-state index is 0.0906. The number of rotatable bonds is 1. The zero-order valence-corrected chi connectivity index (χ0v) is 14.4. The summed E-state index contributed by atoms with van der Waals surface area (Å²) in [6.45, 7) is 0. The highest BCUT2D eigenvalue weighted by molar-refractivity contribution is 5.77. The molecule has 0 unspecified atom stereocenters. The Labute approximate surface area is 157 Å². The molecular formula is C22H12F2N2O2. The zero-order valence-electron chi connectivity index (χ0n) is 14.4. The molecule has 0 bridgehead atoms. The van der Waals surface area contributed by atoms with Gasteiger partial charge in [0.25, 0.3) is 5.56 Å². The first-order chi connectivity index (χ1) is 13.5. The van der Waals surface area contributed by atoms with Crippen LogP contribution >= 0.6 is 0 Å². The first-order valence-corrected chi connectivity index (χ1v) is 8.35. The minimum Gasteiger partial charge on any atom is -0.306 e. The molecule has 3 aromatic carbocycles. The van der Waals surface area contributed by atoms with Crippen molar-refractivity contribution in [2.75, 3.05) is 0 Å². The van der Waals surface area contributed by atoms with E-state index in [2.05, 4.69) is 16.8 Å². The smallest absolute Gasteiger partial charge is 0.306 e. The van der Waals surface area contributed by atoms with Crippen molar-refractivity contribution in [1.82, 2.24) is 9.55 Å². The molecule has 0 aliphatic heterocycles. The molecule has 28 heavy (non-hydrogen) atoms. The fourth-order valence-corrected chi connectivity index (χ4v) is 2.88. The number of nitrogens with zero attached hydrogens (tertiary/aromatic N) is 1. The van der Waals surface area contributed by atoms with Crippen molar-refractivity contribution >= 4 is 10.9 Å². The number of aromatic amines is 1. The van der Waals surface area contributed by atoms with Crippen LogP contribution in [0.3, 0.4) is 0 Å². The van der Waals surface area contributed by atoms with Crippen LogP contribution in [-0.2, 0) is 0 Å². The van der Waals surface area contributed by atoms with E-state index in [-0.39, 0.29) is 10.9 Å². The Hall–Kier alpha value is -3.98. The number of hydrogen-bond acceptors (Lipinski definition) is 2. The maximum atomic E-state index is 14.7. The van der Waals surface area contributed by atoms with Crippen LogP contribution in [0, 0.1) is 23.5 Å². The molecule has 0 spiro atoms. The maximum absolute atomic E-state index is 14.7. The number of nitrogens with one attached hydrogen (secondary N) is 1. The molecule has 4 rings (SSSR count). The van der Waals surface area contributed by atoms with Crippen LogP contribution in [0.25, 0.3) is 16.6 Å². The van der Waals surface area contributed by atoms with Gasteiger partial charge in [-0.15, -0.1) is 0 Å². The third kappa shape index (κ3) is 3.10. The summed E-state index contributed by atoms with van der Waals surface area (Å²) in [6, 6.07) is 17.2. The number of halogens is 2. The molecule has 6 heteroatoms. The van der Waals surface area contributed by atoms with E-state index < -0.39 is 28.6 Å². The zero-order chi connectivity index (χ0) is 19.7. The highest BCUT2D eigenvalue weighted by atomic mass is 19.1.